The van der Waals surface area contributed by atoms with E-state index in [1.165, 1.54) is 0 Å². The molecule has 1 aromatic rings. The highest BCUT2D eigenvalue weighted by atomic mass is 32.2. The van der Waals surface area contributed by atoms with Gasteiger partial charge in [0.25, 0.3) is 0 Å². The van der Waals surface area contributed by atoms with Crippen LogP contribution in [0.5, 0.6) is 0 Å². The number of hydrogen-bond donors (Lipinski definition) is 0. The van der Waals surface area contributed by atoms with Gasteiger partial charge in [0.1, 0.15) is 0 Å². The van der Waals surface area contributed by atoms with Gasteiger partial charge >= 0.3 is 0 Å². The summed E-state index contributed by atoms with van der Waals surface area (Å²) in [5.41, 5.74) is 2.36. The number of piperazine rings is 1. The molecule has 1 saturated heterocycles. The summed E-state index contributed by atoms with van der Waals surface area (Å²) in [6.45, 7) is 9.10. The Hall–Kier alpha value is -2.63. The fourth-order valence-corrected chi connectivity index (χ4v) is 6.14. The predicted molar refractivity (Wildman–Crippen MR) is 129 cm³/mol. The quantitative estimate of drug-likeness (QED) is 0.583. The van der Waals surface area contributed by atoms with Gasteiger partial charge in [-0.1, -0.05) is 50.3 Å². The van der Waals surface area contributed by atoms with Crippen molar-refractivity contribution >= 4 is 15.9 Å². The van der Waals surface area contributed by atoms with Gasteiger partial charge < -0.3 is 9.80 Å². The van der Waals surface area contributed by atoms with Crippen LogP contribution in [0.3, 0.4) is 0 Å². The minimum atomic E-state index is -3.49. The van der Waals surface area contributed by atoms with Gasteiger partial charge in [0, 0.05) is 46.2 Å². The molecule has 33 heavy (non-hydrogen) atoms. The zero-order chi connectivity index (χ0) is 24.0. The number of benzene rings is 1. The molecule has 1 unspecified atom stereocenters. The van der Waals surface area contributed by atoms with Crippen molar-refractivity contribution in [2.75, 3.05) is 39.3 Å². The van der Waals surface area contributed by atoms with E-state index in [0.717, 1.165) is 11.3 Å². The summed E-state index contributed by atoms with van der Waals surface area (Å²) in [7, 11) is -3.49. The number of allylic oxidation sites excluding steroid dienone is 2. The van der Waals surface area contributed by atoms with Crippen LogP contribution in [-0.2, 0) is 20.6 Å². The summed E-state index contributed by atoms with van der Waals surface area (Å²) in [6, 6.07) is 11.6. The maximum absolute atomic E-state index is 13.2. The van der Waals surface area contributed by atoms with Crippen molar-refractivity contribution in [2.45, 2.75) is 32.9 Å². The first-order chi connectivity index (χ1) is 15.7. The Balaban J connectivity index is 1.71. The first-order valence-electron chi connectivity index (χ1n) is 11.5. The van der Waals surface area contributed by atoms with Crippen molar-refractivity contribution in [2.24, 2.45) is 11.8 Å². The second-order valence-electron chi connectivity index (χ2n) is 9.24. The second kappa shape index (κ2) is 11.0. The van der Waals surface area contributed by atoms with Crippen molar-refractivity contribution in [1.82, 2.24) is 14.1 Å². The number of hydrogen-bond acceptors (Lipinski definition) is 5. The molecule has 1 fully saturated rings. The van der Waals surface area contributed by atoms with E-state index in [1.54, 1.807) is 11.2 Å². The van der Waals surface area contributed by atoms with Crippen LogP contribution in [-0.4, -0.2) is 67.7 Å². The van der Waals surface area contributed by atoms with E-state index < -0.39 is 10.0 Å². The molecule has 3 rings (SSSR count). The molecule has 1 amide bonds. The third-order valence-electron chi connectivity index (χ3n) is 6.09. The molecule has 0 N–H and O–H groups in total. The van der Waals surface area contributed by atoms with Crippen molar-refractivity contribution in [3.63, 3.8) is 0 Å². The third-order valence-corrected chi connectivity index (χ3v) is 7.88. The molecule has 1 aromatic carbocycles. The second-order valence-corrected chi connectivity index (χ2v) is 11.2. The number of carbonyl (C=O) groups excluding carboxylic acids is 1. The summed E-state index contributed by atoms with van der Waals surface area (Å²) in [4.78, 5) is 15.6. The number of amides is 1. The van der Waals surface area contributed by atoms with E-state index in [4.69, 9.17) is 0 Å². The van der Waals surface area contributed by atoms with E-state index in [9.17, 15) is 18.5 Å². The van der Waals surface area contributed by atoms with Crippen molar-refractivity contribution in [3.05, 3.63) is 59.3 Å². The highest BCUT2D eigenvalue weighted by molar-refractivity contribution is 7.88. The summed E-state index contributed by atoms with van der Waals surface area (Å²) >= 11 is 0. The third kappa shape index (κ3) is 6.68. The van der Waals surface area contributed by atoms with E-state index in [0.29, 0.717) is 51.3 Å². The van der Waals surface area contributed by atoms with Crippen molar-refractivity contribution in [3.8, 4) is 6.07 Å². The number of nitrogens with zero attached hydrogens (tertiary/aromatic N) is 4. The Labute approximate surface area is 198 Å². The Morgan fingerprint density at radius 2 is 1.85 bits per heavy atom. The lowest BCUT2D eigenvalue weighted by Crippen LogP contribution is -2.47. The maximum Gasteiger partial charge on any atom is 0.219 e. The van der Waals surface area contributed by atoms with E-state index in [2.05, 4.69) is 11.0 Å². The lowest BCUT2D eigenvalue weighted by molar-refractivity contribution is -0.130. The predicted octanol–water partition coefficient (Wildman–Crippen LogP) is 2.99. The van der Waals surface area contributed by atoms with Crippen LogP contribution in [0.4, 0.5) is 0 Å². The molecule has 0 spiro atoms. The van der Waals surface area contributed by atoms with Crippen LogP contribution >= 0.6 is 0 Å². The fourth-order valence-electron chi connectivity index (χ4n) is 4.40. The monoisotopic (exact) mass is 470 g/mol. The molecule has 8 heteroatoms. The molecule has 1 aliphatic heterocycles. The molecule has 0 radical (unpaired) electrons. The minimum absolute atomic E-state index is 0.0242. The van der Waals surface area contributed by atoms with Gasteiger partial charge in [-0.05, 0) is 29.9 Å². The molecular formula is C25H34N4O3S. The van der Waals surface area contributed by atoms with Gasteiger partial charge in [-0.15, -0.1) is 0 Å². The first kappa shape index (κ1) is 25.0. The van der Waals surface area contributed by atoms with Crippen LogP contribution in [0.2, 0.25) is 0 Å². The average molecular weight is 471 g/mol. The smallest absolute Gasteiger partial charge is 0.219 e. The first-order valence-corrected chi connectivity index (χ1v) is 13.1. The molecule has 178 valence electrons. The molecule has 1 atom stereocenters. The molecule has 2 aliphatic rings. The Bertz CT molecular complexity index is 1030. The Kier molecular flexibility index (Phi) is 8.33. The molecule has 7 nitrogen and oxygen atoms in total. The number of sulfonamides is 1. The average Bonchev–Trinajstić information content (AvgIpc) is 2.78. The Morgan fingerprint density at radius 1 is 1.18 bits per heavy atom. The summed E-state index contributed by atoms with van der Waals surface area (Å²) in [5, 5.41) is 9.82. The van der Waals surface area contributed by atoms with E-state index in [-0.39, 0.29) is 23.5 Å². The zero-order valence-corrected chi connectivity index (χ0v) is 20.6. The van der Waals surface area contributed by atoms with Gasteiger partial charge in [-0.2, -0.15) is 5.26 Å². The van der Waals surface area contributed by atoms with Crippen LogP contribution < -0.4 is 0 Å². The van der Waals surface area contributed by atoms with Crippen LogP contribution in [0.25, 0.3) is 0 Å². The number of rotatable bonds is 8. The van der Waals surface area contributed by atoms with Gasteiger partial charge in [0.15, 0.2) is 0 Å². The van der Waals surface area contributed by atoms with E-state index in [1.807, 2.05) is 61.2 Å². The number of nitriles is 1. The molecule has 1 heterocycles. The van der Waals surface area contributed by atoms with Crippen LogP contribution in [0, 0.1) is 23.2 Å². The lowest BCUT2D eigenvalue weighted by Gasteiger charge is -2.38. The van der Waals surface area contributed by atoms with Gasteiger partial charge in [-0.3, -0.25) is 4.79 Å². The molecule has 1 aliphatic carbocycles. The maximum atomic E-state index is 13.2. The van der Waals surface area contributed by atoms with Gasteiger partial charge in [0.2, 0.25) is 15.9 Å². The summed E-state index contributed by atoms with van der Waals surface area (Å²) < 4.78 is 28.1. The normalized spacial score (nSPS) is 19.3. The minimum Gasteiger partial charge on any atom is -0.367 e. The zero-order valence-electron chi connectivity index (χ0n) is 19.8. The molecule has 0 aromatic heterocycles. The topological polar surface area (TPSA) is 84.7 Å². The standard InChI is InChI=1S/C25H34N4O3S/c1-20(2)17-29(33(31,32)19-22-7-5-4-6-8-22)18-23-9-10-25(24(15-23)16-26)28-13-11-27(12-14-28)21(3)30/h4-10,20,23H,11-15,17-19H2,1-3H3. The SMILES string of the molecule is CC(=O)N1CCN(C2=C(C#N)CC(CN(CC(C)C)S(=O)(=O)Cc3ccccc3)C=C2)CC1. The van der Waals surface area contributed by atoms with Gasteiger partial charge in [0.05, 0.1) is 23.1 Å². The molecule has 0 saturated carbocycles. The Morgan fingerprint density at radius 3 is 2.42 bits per heavy atom. The summed E-state index contributed by atoms with van der Waals surface area (Å²) in [5.74, 6) is 0.197. The number of carbonyl (C=O) groups is 1. The van der Waals surface area contributed by atoms with Gasteiger partial charge in [-0.25, -0.2) is 12.7 Å². The molecule has 0 bridgehead atoms. The van der Waals surface area contributed by atoms with Crippen molar-refractivity contribution in [1.29, 1.82) is 5.26 Å². The van der Waals surface area contributed by atoms with E-state index >= 15 is 0 Å². The largest absolute Gasteiger partial charge is 0.367 e. The van der Waals surface area contributed by atoms with Crippen LogP contribution in [0.1, 0.15) is 32.8 Å². The van der Waals surface area contributed by atoms with Crippen molar-refractivity contribution < 1.29 is 13.2 Å². The fraction of sp³-hybridized carbons (Fsp3) is 0.520. The molecular weight excluding hydrogens is 436 g/mol. The highest BCUT2D eigenvalue weighted by Crippen LogP contribution is 2.28. The summed E-state index contributed by atoms with van der Waals surface area (Å²) in [6.07, 6.45) is 4.52. The van der Waals surface area contributed by atoms with Crippen LogP contribution in [0.15, 0.2) is 53.8 Å². The highest BCUT2D eigenvalue weighted by Gasteiger charge is 2.29. The lowest BCUT2D eigenvalue weighted by atomic mass is 9.92.